The summed E-state index contributed by atoms with van der Waals surface area (Å²) >= 11 is 13.0. The number of halogens is 2. The molecule has 0 spiro atoms. The van der Waals surface area contributed by atoms with Crippen LogP contribution in [0.15, 0.2) is 24.3 Å². The van der Waals surface area contributed by atoms with Gasteiger partial charge in [0, 0.05) is 5.56 Å². The van der Waals surface area contributed by atoms with E-state index in [4.69, 9.17) is 27.9 Å². The second-order valence-corrected chi connectivity index (χ2v) is 5.33. The van der Waals surface area contributed by atoms with Gasteiger partial charge in [-0.1, -0.05) is 52.7 Å². The molecule has 18 heavy (non-hydrogen) atoms. The van der Waals surface area contributed by atoms with Gasteiger partial charge in [0.05, 0.1) is 17.3 Å². The summed E-state index contributed by atoms with van der Waals surface area (Å²) in [6.07, 6.45) is 0. The van der Waals surface area contributed by atoms with Crippen LogP contribution in [0.1, 0.15) is 16.6 Å². The van der Waals surface area contributed by atoms with Crippen LogP contribution in [-0.2, 0) is 4.74 Å². The lowest BCUT2D eigenvalue weighted by molar-refractivity contribution is 0.0532. The maximum absolute atomic E-state index is 11.8. The Morgan fingerprint density at radius 3 is 2.78 bits per heavy atom. The molecule has 0 aliphatic rings. The average molecular weight is 302 g/mol. The number of ether oxygens (including phenoxy) is 1. The topological polar surface area (TPSA) is 39.2 Å². The van der Waals surface area contributed by atoms with Gasteiger partial charge in [-0.3, -0.25) is 0 Å². The Kier molecular flexibility index (Phi) is 4.22. The average Bonchev–Trinajstić information content (AvgIpc) is 2.72. The third kappa shape index (κ3) is 2.66. The van der Waals surface area contributed by atoms with Gasteiger partial charge in [-0.2, -0.15) is 0 Å². The van der Waals surface area contributed by atoms with Crippen LogP contribution >= 0.6 is 34.5 Å². The smallest absolute Gasteiger partial charge is 0.350 e. The van der Waals surface area contributed by atoms with Gasteiger partial charge in [-0.25, -0.2) is 9.78 Å². The first-order valence-corrected chi connectivity index (χ1v) is 6.79. The Balaban J connectivity index is 2.51. The molecule has 0 atom stereocenters. The van der Waals surface area contributed by atoms with Crippen molar-refractivity contribution in [2.24, 2.45) is 0 Å². The van der Waals surface area contributed by atoms with Crippen LogP contribution in [0.5, 0.6) is 0 Å². The van der Waals surface area contributed by atoms with Gasteiger partial charge in [-0.15, -0.1) is 0 Å². The molecule has 1 aromatic carbocycles. The minimum absolute atomic E-state index is 0.285. The van der Waals surface area contributed by atoms with E-state index in [1.54, 1.807) is 19.1 Å². The highest BCUT2D eigenvalue weighted by atomic mass is 35.5. The highest BCUT2D eigenvalue weighted by molar-refractivity contribution is 7.17. The third-order valence-corrected chi connectivity index (χ3v) is 3.66. The summed E-state index contributed by atoms with van der Waals surface area (Å²) in [6, 6.07) is 7.16. The molecule has 6 heteroatoms. The third-order valence-electron chi connectivity index (χ3n) is 2.19. The van der Waals surface area contributed by atoms with Crippen LogP contribution < -0.4 is 0 Å². The molecule has 2 rings (SSSR count). The number of hydrogen-bond acceptors (Lipinski definition) is 4. The lowest BCUT2D eigenvalue weighted by atomic mass is 10.1. The van der Waals surface area contributed by atoms with Crippen LogP contribution in [0.2, 0.25) is 9.49 Å². The molecular formula is C12H9Cl2NO2S. The Hall–Kier alpha value is -1.10. The predicted octanol–water partition coefficient (Wildman–Crippen LogP) is 4.29. The highest BCUT2D eigenvalue weighted by Crippen LogP contribution is 2.35. The largest absolute Gasteiger partial charge is 0.462 e. The molecule has 0 fully saturated rings. The van der Waals surface area contributed by atoms with Gasteiger partial charge < -0.3 is 4.74 Å². The highest BCUT2D eigenvalue weighted by Gasteiger charge is 2.21. The molecule has 1 aromatic heterocycles. The van der Waals surface area contributed by atoms with Crippen LogP contribution in [0, 0.1) is 0 Å². The maximum atomic E-state index is 11.8. The van der Waals surface area contributed by atoms with Crippen molar-refractivity contribution in [2.45, 2.75) is 6.92 Å². The van der Waals surface area contributed by atoms with E-state index in [9.17, 15) is 4.79 Å². The molecule has 0 radical (unpaired) electrons. The fraction of sp³-hybridized carbons (Fsp3) is 0.167. The molecule has 0 amide bonds. The van der Waals surface area contributed by atoms with Crippen molar-refractivity contribution >= 4 is 40.5 Å². The van der Waals surface area contributed by atoms with Crippen molar-refractivity contribution in [3.63, 3.8) is 0 Å². The van der Waals surface area contributed by atoms with Crippen LogP contribution in [0.4, 0.5) is 0 Å². The number of hydrogen-bond donors (Lipinski definition) is 0. The summed E-state index contributed by atoms with van der Waals surface area (Å²) in [6.45, 7) is 2.05. The summed E-state index contributed by atoms with van der Waals surface area (Å²) in [7, 11) is 0. The zero-order valence-electron chi connectivity index (χ0n) is 9.44. The molecule has 0 bridgehead atoms. The van der Waals surface area contributed by atoms with E-state index in [1.165, 1.54) is 0 Å². The fourth-order valence-corrected chi connectivity index (χ4v) is 2.71. The fourth-order valence-electron chi connectivity index (χ4n) is 1.46. The normalized spacial score (nSPS) is 10.4. The zero-order valence-corrected chi connectivity index (χ0v) is 11.8. The number of carbonyl (C=O) groups is 1. The Morgan fingerprint density at radius 1 is 1.39 bits per heavy atom. The van der Waals surface area contributed by atoms with Crippen molar-refractivity contribution in [3.8, 4) is 11.3 Å². The van der Waals surface area contributed by atoms with Crippen LogP contribution in [-0.4, -0.2) is 17.6 Å². The number of carbonyl (C=O) groups excluding carboxylic acids is 1. The SMILES string of the molecule is CCOC(=O)c1sc(Cl)nc1-c1ccccc1Cl. The molecule has 2 aromatic rings. The van der Waals surface area contributed by atoms with E-state index in [1.807, 2.05) is 12.1 Å². The van der Waals surface area contributed by atoms with Gasteiger partial charge in [0.2, 0.25) is 0 Å². The molecule has 0 aliphatic carbocycles. The second kappa shape index (κ2) is 5.69. The van der Waals surface area contributed by atoms with E-state index < -0.39 is 5.97 Å². The minimum atomic E-state index is -0.434. The molecule has 0 saturated carbocycles. The number of nitrogens with zero attached hydrogens (tertiary/aromatic N) is 1. The van der Waals surface area contributed by atoms with Crippen molar-refractivity contribution in [1.29, 1.82) is 0 Å². The molecule has 3 nitrogen and oxygen atoms in total. The van der Waals surface area contributed by atoms with Crippen molar-refractivity contribution in [1.82, 2.24) is 4.98 Å². The summed E-state index contributed by atoms with van der Waals surface area (Å²) in [5, 5.41) is 0.519. The van der Waals surface area contributed by atoms with Gasteiger partial charge in [-0.05, 0) is 13.0 Å². The minimum Gasteiger partial charge on any atom is -0.462 e. The zero-order chi connectivity index (χ0) is 13.1. The number of rotatable bonds is 3. The maximum Gasteiger partial charge on any atom is 0.350 e. The quantitative estimate of drug-likeness (QED) is 0.794. The van der Waals surface area contributed by atoms with Crippen LogP contribution in [0.3, 0.4) is 0 Å². The number of benzene rings is 1. The van der Waals surface area contributed by atoms with E-state index in [0.29, 0.717) is 27.8 Å². The Bertz CT molecular complexity index is 583. The van der Waals surface area contributed by atoms with Crippen molar-refractivity contribution in [2.75, 3.05) is 6.61 Å². The Labute approximate surface area is 118 Å². The van der Waals surface area contributed by atoms with Crippen LogP contribution in [0.25, 0.3) is 11.3 Å². The summed E-state index contributed by atoms with van der Waals surface area (Å²) in [5.41, 5.74) is 1.14. The lowest BCUT2D eigenvalue weighted by Crippen LogP contribution is -2.04. The van der Waals surface area contributed by atoms with E-state index in [0.717, 1.165) is 11.3 Å². The second-order valence-electron chi connectivity index (χ2n) is 3.34. The molecule has 94 valence electrons. The first kappa shape index (κ1) is 13.3. The number of esters is 1. The van der Waals surface area contributed by atoms with E-state index in [-0.39, 0.29) is 4.47 Å². The van der Waals surface area contributed by atoms with Gasteiger partial charge in [0.25, 0.3) is 0 Å². The Morgan fingerprint density at radius 2 is 2.11 bits per heavy atom. The van der Waals surface area contributed by atoms with Gasteiger partial charge in [0.15, 0.2) is 4.47 Å². The van der Waals surface area contributed by atoms with Crippen molar-refractivity contribution in [3.05, 3.63) is 38.6 Å². The summed E-state index contributed by atoms with van der Waals surface area (Å²) in [4.78, 5) is 16.3. The monoisotopic (exact) mass is 301 g/mol. The molecule has 0 N–H and O–H groups in total. The van der Waals surface area contributed by atoms with Gasteiger partial charge >= 0.3 is 5.97 Å². The lowest BCUT2D eigenvalue weighted by Gasteiger charge is -2.03. The molecule has 1 heterocycles. The predicted molar refractivity (Wildman–Crippen MR) is 73.5 cm³/mol. The molecule has 0 saturated heterocycles. The standard InChI is InChI=1S/C12H9Cl2NO2S/c1-2-17-11(16)10-9(15-12(14)18-10)7-5-3-4-6-8(7)13/h3-6H,2H2,1H3. The molecule has 0 unspecified atom stereocenters. The molecular weight excluding hydrogens is 293 g/mol. The first-order valence-electron chi connectivity index (χ1n) is 5.21. The summed E-state index contributed by atoms with van der Waals surface area (Å²) < 4.78 is 5.26. The van der Waals surface area contributed by atoms with Gasteiger partial charge in [0.1, 0.15) is 4.88 Å². The van der Waals surface area contributed by atoms with E-state index in [2.05, 4.69) is 4.98 Å². The molecule has 0 aliphatic heterocycles. The first-order chi connectivity index (χ1) is 8.63. The number of aromatic nitrogens is 1. The van der Waals surface area contributed by atoms with E-state index >= 15 is 0 Å². The summed E-state index contributed by atoms with van der Waals surface area (Å²) in [5.74, 6) is -0.434. The number of thiazole rings is 1. The van der Waals surface area contributed by atoms with Crippen molar-refractivity contribution < 1.29 is 9.53 Å².